The largest absolute Gasteiger partial charge is 0.383 e. The summed E-state index contributed by atoms with van der Waals surface area (Å²) in [5.41, 5.74) is 12.8. The molecule has 29 heteroatoms. The molecule has 0 saturated heterocycles. The summed E-state index contributed by atoms with van der Waals surface area (Å²) in [6.07, 6.45) is 11.8. The first-order valence-electron chi connectivity index (χ1n) is 28.4. The van der Waals surface area contributed by atoms with Gasteiger partial charge in [-0.2, -0.15) is 35.2 Å². The summed E-state index contributed by atoms with van der Waals surface area (Å²) in [6, 6.07) is 24.7. The fraction of sp³-hybridized carbons (Fsp3) is 0.190. The van der Waals surface area contributed by atoms with Gasteiger partial charge in [0.05, 0.1) is 38.9 Å². The Balaban J connectivity index is 0.000000126. The van der Waals surface area contributed by atoms with Crippen LogP contribution in [0.4, 0.5) is 36.4 Å². The molecular weight excluding hydrogens is 1260 g/mol. The maximum atomic E-state index is 14.3. The van der Waals surface area contributed by atoms with Crippen molar-refractivity contribution < 1.29 is 41.1 Å². The van der Waals surface area contributed by atoms with Crippen LogP contribution in [0.1, 0.15) is 92.0 Å². The predicted molar refractivity (Wildman–Crippen MR) is 329 cm³/mol. The first-order chi connectivity index (χ1) is 44.1. The van der Waals surface area contributed by atoms with E-state index in [1.54, 1.807) is 111 Å². The van der Waals surface area contributed by atoms with E-state index in [0.717, 1.165) is 5.56 Å². The first-order valence-corrected chi connectivity index (χ1v) is 29.2. The molecule has 3 aliphatic rings. The number of carbonyl (C=O) groups excluding carboxylic acids is 3. The maximum absolute atomic E-state index is 14.3. The van der Waals surface area contributed by atoms with Gasteiger partial charge in [-0.15, -0.1) is 0 Å². The summed E-state index contributed by atoms with van der Waals surface area (Å²) < 4.78 is 62.5. The molecule has 0 atom stereocenters. The molecule has 9 aromatic heterocycles. The van der Waals surface area contributed by atoms with Crippen LogP contribution in [0.3, 0.4) is 0 Å². The summed E-state index contributed by atoms with van der Waals surface area (Å²) in [5.74, 6) is 0.723. The summed E-state index contributed by atoms with van der Waals surface area (Å²) >= 11 is 3.46. The smallest absolute Gasteiger partial charge is 0.254 e. The Bertz CT molecular complexity index is 4650. The Labute approximate surface area is 527 Å². The number of nitrogens with one attached hydrogen (secondary N) is 3. The Kier molecular flexibility index (Phi) is 15.0. The molecule has 15 rings (SSSR count). The van der Waals surface area contributed by atoms with Gasteiger partial charge in [0.2, 0.25) is 17.7 Å². The molecule has 0 saturated carbocycles. The van der Waals surface area contributed by atoms with E-state index in [2.05, 4.69) is 92.6 Å². The zero-order valence-corrected chi connectivity index (χ0v) is 51.2. The molecule has 5 N–H and O–H groups in total. The zero-order chi connectivity index (χ0) is 64.4. The van der Waals surface area contributed by atoms with Gasteiger partial charge in [0, 0.05) is 90.1 Å². The maximum Gasteiger partial charge on any atom is 0.254 e. The van der Waals surface area contributed by atoms with Crippen molar-refractivity contribution in [3.63, 3.8) is 0 Å². The predicted octanol–water partition coefficient (Wildman–Crippen LogP) is 10.2. The van der Waals surface area contributed by atoms with Crippen LogP contribution in [0.5, 0.6) is 0 Å². The lowest BCUT2D eigenvalue weighted by Gasteiger charge is -2.16. The number of rotatable bonds is 12. The van der Waals surface area contributed by atoms with Crippen LogP contribution in [0.15, 0.2) is 153 Å². The lowest BCUT2D eigenvalue weighted by Crippen LogP contribution is -2.27. The standard InChI is InChI=1S/C21H16BrFN6O2.C21H18FN7O2.C21H17FN6O2/c1-21(2)16-17(22)24-20(26-18(16)25-19(21)30)29-10-12(14-7-8-31-28-14)15(27-29)9-11-5-3-4-6-13(11)23;1-21(2)16-17(23)24-20(26-18(16)25-19(21)30)29-10-12(14-7-8-31-28-14)15(27-29)9-11-5-3-4-6-13(11)22;1-21(2)14-10-23-20(25-18(14)24-19(21)29)28-11-13(16-7-8-30-27-16)17(26-28)9-12-5-3-4-6-15(12)22/h3-8,10H,9H2,1-2H3,(H,24,25,26,30);3-8,10H,9H2,1-2H3,(H3,23,24,25,26,30);3-8,10-11H,9H2,1-2H3,(H,23,24,25,29). The number of halogens is 4. The number of benzene rings is 3. The monoisotopic (exact) mass is 1310 g/mol. The van der Waals surface area contributed by atoms with E-state index in [0.29, 0.717) is 101 Å². The molecule has 0 radical (unpaired) electrons. The number of carbonyl (C=O) groups is 3. The Morgan fingerprint density at radius 3 is 1.27 bits per heavy atom. The van der Waals surface area contributed by atoms with Crippen molar-refractivity contribution in [3.8, 4) is 51.6 Å². The molecule has 462 valence electrons. The molecule has 92 heavy (non-hydrogen) atoms. The van der Waals surface area contributed by atoms with Gasteiger partial charge >= 0.3 is 0 Å². The number of hydrogen-bond donors (Lipinski definition) is 4. The second-order valence-electron chi connectivity index (χ2n) is 23.1. The van der Waals surface area contributed by atoms with Crippen LogP contribution >= 0.6 is 15.9 Å². The Hall–Kier alpha value is -11.4. The van der Waals surface area contributed by atoms with Crippen molar-refractivity contribution in [2.24, 2.45) is 0 Å². The van der Waals surface area contributed by atoms with Crippen molar-refractivity contribution in [3.05, 3.63) is 207 Å². The fourth-order valence-corrected chi connectivity index (χ4v) is 11.6. The highest BCUT2D eigenvalue weighted by atomic mass is 79.9. The van der Waals surface area contributed by atoms with Crippen molar-refractivity contribution in [1.82, 2.24) is 74.7 Å². The van der Waals surface area contributed by atoms with Gasteiger partial charge in [-0.25, -0.2) is 37.2 Å². The van der Waals surface area contributed by atoms with E-state index in [4.69, 9.17) is 19.3 Å². The number of nitrogen functional groups attached to an aromatic ring is 1. The molecule has 0 unspecified atom stereocenters. The number of amides is 3. The highest BCUT2D eigenvalue weighted by Crippen LogP contribution is 2.42. The highest BCUT2D eigenvalue weighted by molar-refractivity contribution is 9.10. The van der Waals surface area contributed by atoms with E-state index < -0.39 is 16.2 Å². The lowest BCUT2D eigenvalue weighted by molar-refractivity contribution is -0.120. The minimum atomic E-state index is -0.829. The zero-order valence-electron chi connectivity index (χ0n) is 49.6. The summed E-state index contributed by atoms with van der Waals surface area (Å²) in [4.78, 5) is 63.5. The number of nitrogens with two attached hydrogens (primary N) is 1. The Morgan fingerprint density at radius 1 is 0.478 bits per heavy atom. The normalized spacial score (nSPS) is 14.5. The SMILES string of the molecule is CC1(C)C(=O)Nc2nc(-n3cc(-c4ccon4)c(Cc4ccccc4F)n3)nc(Br)c21.CC1(C)C(=O)Nc2nc(-n3cc(-c4ccon4)c(Cc4ccccc4F)n3)nc(N)c21.CC1(C)C(=O)Nc2nc(-n3cc(-c4ccon4)c(Cc4ccccc4F)n3)ncc21. The van der Waals surface area contributed by atoms with E-state index in [1.807, 2.05) is 27.7 Å². The molecular formula is C63H51BrF3N19O6. The molecule has 0 spiro atoms. The molecule has 12 heterocycles. The van der Waals surface area contributed by atoms with Crippen LogP contribution in [-0.2, 0) is 49.9 Å². The average molecular weight is 1310 g/mol. The average Bonchev–Trinajstić information content (AvgIpc) is 1.62. The summed E-state index contributed by atoms with van der Waals surface area (Å²) in [7, 11) is 0. The molecule has 12 aromatic rings. The molecule has 3 amide bonds. The van der Waals surface area contributed by atoms with Crippen molar-refractivity contribution in [2.75, 3.05) is 21.7 Å². The second kappa shape index (κ2) is 23.2. The van der Waals surface area contributed by atoms with Gasteiger partial charge in [0.15, 0.2) is 0 Å². The lowest BCUT2D eigenvalue weighted by atomic mass is 9.87. The number of anilines is 4. The quantitative estimate of drug-likeness (QED) is 0.0826. The molecule has 0 fully saturated rings. The van der Waals surface area contributed by atoms with Gasteiger partial charge in [-0.1, -0.05) is 70.1 Å². The van der Waals surface area contributed by atoms with Gasteiger partial charge in [-0.05, 0) is 92.4 Å². The van der Waals surface area contributed by atoms with Gasteiger partial charge < -0.3 is 35.3 Å². The highest BCUT2D eigenvalue weighted by Gasteiger charge is 2.44. The first kappa shape index (κ1) is 59.6. The van der Waals surface area contributed by atoms with Crippen LogP contribution in [-0.4, -0.2) is 92.4 Å². The molecule has 0 bridgehead atoms. The van der Waals surface area contributed by atoms with Gasteiger partial charge in [0.1, 0.15) is 81.2 Å². The van der Waals surface area contributed by atoms with E-state index in [1.165, 1.54) is 51.0 Å². The van der Waals surface area contributed by atoms with E-state index in [9.17, 15) is 27.6 Å². The van der Waals surface area contributed by atoms with Crippen LogP contribution < -0.4 is 21.7 Å². The molecule has 3 aromatic carbocycles. The second-order valence-corrected chi connectivity index (χ2v) is 23.9. The van der Waals surface area contributed by atoms with Crippen LogP contribution in [0.25, 0.3) is 51.6 Å². The Morgan fingerprint density at radius 2 is 0.848 bits per heavy atom. The van der Waals surface area contributed by atoms with E-state index >= 15 is 0 Å². The third-order valence-corrected chi connectivity index (χ3v) is 16.5. The molecule has 0 aliphatic carbocycles. The van der Waals surface area contributed by atoms with Gasteiger partial charge in [0.25, 0.3) is 17.8 Å². The summed E-state index contributed by atoms with van der Waals surface area (Å²) in [6.45, 7) is 10.8. The van der Waals surface area contributed by atoms with Crippen molar-refractivity contribution in [2.45, 2.75) is 77.0 Å². The molecule has 25 nitrogen and oxygen atoms in total. The minimum Gasteiger partial charge on any atom is -0.383 e. The third-order valence-electron chi connectivity index (χ3n) is 16.0. The number of nitrogens with zero attached hydrogens (tertiary/aromatic N) is 15. The summed E-state index contributed by atoms with van der Waals surface area (Å²) in [5, 5.41) is 34.0. The van der Waals surface area contributed by atoms with Gasteiger partial charge in [-0.3, -0.25) is 14.4 Å². The minimum absolute atomic E-state index is 0.132. The molecule has 3 aliphatic heterocycles. The third kappa shape index (κ3) is 11.0. The van der Waals surface area contributed by atoms with Crippen LogP contribution in [0.2, 0.25) is 0 Å². The fourth-order valence-electron chi connectivity index (χ4n) is 10.7. The van der Waals surface area contributed by atoms with E-state index in [-0.39, 0.29) is 78.1 Å². The van der Waals surface area contributed by atoms with Crippen molar-refractivity contribution >= 4 is 56.9 Å². The van der Waals surface area contributed by atoms with Crippen molar-refractivity contribution in [1.29, 1.82) is 0 Å². The number of hydrogen-bond acceptors (Lipinski definition) is 19. The van der Waals surface area contributed by atoms with Crippen LogP contribution in [0, 0.1) is 17.5 Å². The number of fused-ring (bicyclic) bond motifs is 3. The topological polar surface area (TPSA) is 322 Å². The number of aromatic nitrogens is 15.